The zero-order chi connectivity index (χ0) is 17.6. The molecule has 0 bridgehead atoms. The second kappa shape index (κ2) is 7.85. The fourth-order valence-electron chi connectivity index (χ4n) is 2.39. The van der Waals surface area contributed by atoms with Crippen LogP contribution in [0.25, 0.3) is 0 Å². The molecule has 0 spiro atoms. The van der Waals surface area contributed by atoms with E-state index < -0.39 is 0 Å². The number of carbonyl (C=O) groups excluding carboxylic acids is 1. The Kier molecular flexibility index (Phi) is 5.36. The molecule has 1 amide bonds. The first kappa shape index (κ1) is 17.0. The average molecular weight is 356 g/mol. The molecular weight excluding hydrogens is 338 g/mol. The zero-order valence-electron chi connectivity index (χ0n) is 13.8. The lowest BCUT2D eigenvalue weighted by Crippen LogP contribution is -2.22. The summed E-state index contributed by atoms with van der Waals surface area (Å²) in [4.78, 5) is 12.2. The number of aryl methyl sites for hydroxylation is 1. The maximum absolute atomic E-state index is 12.2. The molecule has 1 N–H and O–H groups in total. The molecule has 0 aliphatic heterocycles. The Balaban J connectivity index is 1.62. The highest BCUT2D eigenvalue weighted by Gasteiger charge is 2.10. The number of para-hydroxylation sites is 1. The molecule has 0 saturated carbocycles. The molecular formula is C19H18ClN3O2. The Morgan fingerprint density at radius 3 is 2.72 bits per heavy atom. The lowest BCUT2D eigenvalue weighted by Gasteiger charge is -2.11. The number of amides is 1. The first-order valence-corrected chi connectivity index (χ1v) is 8.25. The number of benzene rings is 2. The quantitative estimate of drug-likeness (QED) is 0.729. The molecule has 25 heavy (non-hydrogen) atoms. The summed E-state index contributed by atoms with van der Waals surface area (Å²) in [6, 6.07) is 16.9. The number of hydrogen-bond acceptors (Lipinski definition) is 3. The number of rotatable bonds is 6. The minimum absolute atomic E-state index is 0.0673. The number of carbonyl (C=O) groups is 1. The van der Waals surface area contributed by atoms with Crippen molar-refractivity contribution in [3.8, 4) is 5.75 Å². The number of hydrogen-bond donors (Lipinski definition) is 1. The molecule has 0 aliphatic rings. The van der Waals surface area contributed by atoms with Crippen LogP contribution in [0.4, 0.5) is 5.82 Å². The monoisotopic (exact) mass is 355 g/mol. The fourth-order valence-corrected chi connectivity index (χ4v) is 2.59. The van der Waals surface area contributed by atoms with E-state index >= 15 is 0 Å². The molecule has 0 atom stereocenters. The fraction of sp³-hybridized carbons (Fsp3) is 0.158. The molecule has 0 unspecified atom stereocenters. The molecule has 0 saturated heterocycles. The van der Waals surface area contributed by atoms with E-state index in [2.05, 4.69) is 10.4 Å². The van der Waals surface area contributed by atoms with Crippen LogP contribution in [0.2, 0.25) is 5.02 Å². The van der Waals surface area contributed by atoms with Gasteiger partial charge in [-0.1, -0.05) is 48.0 Å². The summed E-state index contributed by atoms with van der Waals surface area (Å²) in [5, 5.41) is 7.72. The Labute approximate surface area is 151 Å². The minimum Gasteiger partial charge on any atom is -0.483 e. The number of nitrogens with zero attached hydrogens (tertiary/aromatic N) is 2. The van der Waals surface area contributed by atoms with Gasteiger partial charge in [-0.2, -0.15) is 5.10 Å². The van der Waals surface area contributed by atoms with E-state index in [0.29, 0.717) is 23.1 Å². The zero-order valence-corrected chi connectivity index (χ0v) is 14.5. The van der Waals surface area contributed by atoms with Gasteiger partial charge in [0.25, 0.3) is 5.91 Å². The molecule has 5 nitrogen and oxygen atoms in total. The summed E-state index contributed by atoms with van der Waals surface area (Å²) >= 11 is 6.18. The summed E-state index contributed by atoms with van der Waals surface area (Å²) in [6.07, 6.45) is 1.63. The molecule has 0 radical (unpaired) electrons. The van der Waals surface area contributed by atoms with Crippen LogP contribution in [-0.4, -0.2) is 22.3 Å². The third-order valence-electron chi connectivity index (χ3n) is 3.71. The van der Waals surface area contributed by atoms with Gasteiger partial charge < -0.3 is 10.1 Å². The third-order valence-corrected chi connectivity index (χ3v) is 4.08. The lowest BCUT2D eigenvalue weighted by molar-refractivity contribution is -0.118. The van der Waals surface area contributed by atoms with E-state index in [-0.39, 0.29) is 12.5 Å². The van der Waals surface area contributed by atoms with Gasteiger partial charge >= 0.3 is 0 Å². The van der Waals surface area contributed by atoms with Crippen molar-refractivity contribution in [3.05, 3.63) is 76.9 Å². The summed E-state index contributed by atoms with van der Waals surface area (Å²) in [5.74, 6) is 1.05. The number of anilines is 1. The van der Waals surface area contributed by atoms with Crippen LogP contribution in [0, 0.1) is 6.92 Å². The number of nitrogens with one attached hydrogen (secondary N) is 1. The van der Waals surface area contributed by atoms with Gasteiger partial charge in [0, 0.05) is 11.1 Å². The smallest absolute Gasteiger partial charge is 0.263 e. The molecule has 2 aromatic carbocycles. The van der Waals surface area contributed by atoms with Gasteiger partial charge in [0.15, 0.2) is 6.61 Å². The second-order valence-electron chi connectivity index (χ2n) is 5.57. The summed E-state index contributed by atoms with van der Waals surface area (Å²) in [6.45, 7) is 2.34. The van der Waals surface area contributed by atoms with E-state index in [9.17, 15) is 4.79 Å². The van der Waals surface area contributed by atoms with Gasteiger partial charge in [-0.05, 0) is 30.2 Å². The normalized spacial score (nSPS) is 10.5. The molecule has 0 fully saturated rings. The highest BCUT2D eigenvalue weighted by molar-refractivity contribution is 6.31. The van der Waals surface area contributed by atoms with Gasteiger partial charge in [-0.3, -0.25) is 4.79 Å². The van der Waals surface area contributed by atoms with Crippen molar-refractivity contribution in [1.82, 2.24) is 9.78 Å². The summed E-state index contributed by atoms with van der Waals surface area (Å²) in [7, 11) is 0. The van der Waals surface area contributed by atoms with Gasteiger partial charge in [-0.15, -0.1) is 0 Å². The predicted octanol–water partition coefficient (Wildman–Crippen LogP) is 3.91. The number of ether oxygens (including phenoxy) is 1. The van der Waals surface area contributed by atoms with E-state index in [1.165, 1.54) is 0 Å². The lowest BCUT2D eigenvalue weighted by atomic mass is 10.2. The first-order valence-electron chi connectivity index (χ1n) is 7.87. The van der Waals surface area contributed by atoms with Crippen molar-refractivity contribution in [3.63, 3.8) is 0 Å². The molecule has 3 rings (SSSR count). The molecule has 6 heteroatoms. The Morgan fingerprint density at radius 2 is 1.92 bits per heavy atom. The molecule has 1 heterocycles. The predicted molar refractivity (Wildman–Crippen MR) is 98.1 cm³/mol. The summed E-state index contributed by atoms with van der Waals surface area (Å²) in [5.41, 5.74) is 1.92. The van der Waals surface area contributed by atoms with Crippen molar-refractivity contribution in [2.24, 2.45) is 0 Å². The SMILES string of the molecule is Cc1ccccc1OCC(=O)Nc1ccnn1Cc1ccccc1Cl. The maximum atomic E-state index is 12.2. The van der Waals surface area contributed by atoms with E-state index in [1.807, 2.05) is 55.5 Å². The van der Waals surface area contributed by atoms with Crippen molar-refractivity contribution >= 4 is 23.3 Å². The second-order valence-corrected chi connectivity index (χ2v) is 5.98. The Morgan fingerprint density at radius 1 is 1.16 bits per heavy atom. The third kappa shape index (κ3) is 4.39. The van der Waals surface area contributed by atoms with Crippen molar-refractivity contribution in [2.45, 2.75) is 13.5 Å². The van der Waals surface area contributed by atoms with Crippen LogP contribution in [-0.2, 0) is 11.3 Å². The number of aromatic nitrogens is 2. The van der Waals surface area contributed by atoms with E-state index in [0.717, 1.165) is 11.1 Å². The van der Waals surface area contributed by atoms with Gasteiger partial charge in [-0.25, -0.2) is 4.68 Å². The first-order chi connectivity index (χ1) is 12.1. The maximum Gasteiger partial charge on any atom is 0.263 e. The van der Waals surface area contributed by atoms with Crippen molar-refractivity contribution in [1.29, 1.82) is 0 Å². The minimum atomic E-state index is -0.246. The van der Waals surface area contributed by atoms with E-state index in [1.54, 1.807) is 16.9 Å². The highest BCUT2D eigenvalue weighted by atomic mass is 35.5. The molecule has 0 aliphatic carbocycles. The topological polar surface area (TPSA) is 56.1 Å². The van der Waals surface area contributed by atoms with Gasteiger partial charge in [0.05, 0.1) is 12.7 Å². The standard InChI is InChI=1S/C19H18ClN3O2/c1-14-6-2-5-9-17(14)25-13-19(24)22-18-10-11-21-23(18)12-15-7-3-4-8-16(15)20/h2-11H,12-13H2,1H3,(H,22,24). The molecule has 1 aromatic heterocycles. The van der Waals surface area contributed by atoms with Gasteiger partial charge in [0.1, 0.15) is 11.6 Å². The van der Waals surface area contributed by atoms with Crippen LogP contribution >= 0.6 is 11.6 Å². The van der Waals surface area contributed by atoms with Crippen LogP contribution in [0.5, 0.6) is 5.75 Å². The van der Waals surface area contributed by atoms with Crippen molar-refractivity contribution in [2.75, 3.05) is 11.9 Å². The molecule has 128 valence electrons. The van der Waals surface area contributed by atoms with Crippen LogP contribution in [0.3, 0.4) is 0 Å². The molecule has 3 aromatic rings. The largest absolute Gasteiger partial charge is 0.483 e. The highest BCUT2D eigenvalue weighted by Crippen LogP contribution is 2.19. The van der Waals surface area contributed by atoms with Crippen LogP contribution in [0.15, 0.2) is 60.8 Å². The van der Waals surface area contributed by atoms with Crippen LogP contribution < -0.4 is 10.1 Å². The van der Waals surface area contributed by atoms with Gasteiger partial charge in [0.2, 0.25) is 0 Å². The average Bonchev–Trinajstić information content (AvgIpc) is 3.03. The van der Waals surface area contributed by atoms with E-state index in [4.69, 9.17) is 16.3 Å². The Bertz CT molecular complexity index is 876. The van der Waals surface area contributed by atoms with Crippen LogP contribution in [0.1, 0.15) is 11.1 Å². The van der Waals surface area contributed by atoms with Crippen molar-refractivity contribution < 1.29 is 9.53 Å². The number of halogens is 1. The summed E-state index contributed by atoms with van der Waals surface area (Å²) < 4.78 is 7.25. The Hall–Kier alpha value is -2.79.